The van der Waals surface area contributed by atoms with Gasteiger partial charge < -0.3 is 16.4 Å². The summed E-state index contributed by atoms with van der Waals surface area (Å²) in [6.45, 7) is 1.86. The SMILES string of the molecule is NC(=O)c1cc(F)ccc1NC1CCCNC1. The van der Waals surface area contributed by atoms with Crippen molar-refractivity contribution in [3.63, 3.8) is 0 Å². The quantitative estimate of drug-likeness (QED) is 0.737. The van der Waals surface area contributed by atoms with Crippen LogP contribution in [0.2, 0.25) is 0 Å². The van der Waals surface area contributed by atoms with E-state index in [1.807, 2.05) is 0 Å². The average molecular weight is 237 g/mol. The molecule has 1 unspecified atom stereocenters. The highest BCUT2D eigenvalue weighted by molar-refractivity contribution is 5.98. The van der Waals surface area contributed by atoms with E-state index in [-0.39, 0.29) is 11.6 Å². The van der Waals surface area contributed by atoms with Crippen LogP contribution in [-0.4, -0.2) is 25.0 Å². The fraction of sp³-hybridized carbons (Fsp3) is 0.417. The van der Waals surface area contributed by atoms with Crippen molar-refractivity contribution in [3.8, 4) is 0 Å². The molecule has 0 spiro atoms. The van der Waals surface area contributed by atoms with Gasteiger partial charge in [0.1, 0.15) is 5.82 Å². The molecule has 1 heterocycles. The summed E-state index contributed by atoms with van der Waals surface area (Å²) in [5.41, 5.74) is 6.04. The molecule has 0 aromatic heterocycles. The number of rotatable bonds is 3. The highest BCUT2D eigenvalue weighted by Gasteiger charge is 2.16. The second-order valence-corrected chi connectivity index (χ2v) is 4.24. The highest BCUT2D eigenvalue weighted by atomic mass is 19.1. The van der Waals surface area contributed by atoms with Crippen molar-refractivity contribution in [2.24, 2.45) is 5.73 Å². The predicted octanol–water partition coefficient (Wildman–Crippen LogP) is 1.09. The van der Waals surface area contributed by atoms with Gasteiger partial charge in [-0.15, -0.1) is 0 Å². The number of hydrogen-bond acceptors (Lipinski definition) is 3. The second kappa shape index (κ2) is 5.14. The Morgan fingerprint density at radius 1 is 1.53 bits per heavy atom. The van der Waals surface area contributed by atoms with Gasteiger partial charge in [0.2, 0.25) is 0 Å². The van der Waals surface area contributed by atoms with Crippen molar-refractivity contribution in [2.45, 2.75) is 18.9 Å². The minimum Gasteiger partial charge on any atom is -0.380 e. The predicted molar refractivity (Wildman–Crippen MR) is 64.4 cm³/mol. The molecule has 17 heavy (non-hydrogen) atoms. The lowest BCUT2D eigenvalue weighted by Crippen LogP contribution is -2.38. The first-order valence-electron chi connectivity index (χ1n) is 5.73. The molecule has 2 rings (SSSR count). The Morgan fingerprint density at radius 2 is 2.35 bits per heavy atom. The Bertz CT molecular complexity index is 416. The molecule has 1 amide bonds. The molecule has 1 saturated heterocycles. The Labute approximate surface area is 99.4 Å². The van der Waals surface area contributed by atoms with Gasteiger partial charge in [-0.05, 0) is 37.6 Å². The van der Waals surface area contributed by atoms with Crippen molar-refractivity contribution >= 4 is 11.6 Å². The molecular weight excluding hydrogens is 221 g/mol. The van der Waals surface area contributed by atoms with Gasteiger partial charge in [0.25, 0.3) is 5.91 Å². The average Bonchev–Trinajstić information content (AvgIpc) is 2.32. The zero-order valence-electron chi connectivity index (χ0n) is 9.50. The van der Waals surface area contributed by atoms with Crippen molar-refractivity contribution in [1.82, 2.24) is 5.32 Å². The van der Waals surface area contributed by atoms with Crippen LogP contribution in [0.1, 0.15) is 23.2 Å². The lowest BCUT2D eigenvalue weighted by Gasteiger charge is -2.25. The first-order valence-corrected chi connectivity index (χ1v) is 5.73. The molecule has 1 aliphatic rings. The highest BCUT2D eigenvalue weighted by Crippen LogP contribution is 2.19. The number of hydrogen-bond donors (Lipinski definition) is 3. The molecular formula is C12H16FN3O. The number of anilines is 1. The Hall–Kier alpha value is -1.62. The molecule has 1 aliphatic heterocycles. The third kappa shape index (κ3) is 2.94. The maximum Gasteiger partial charge on any atom is 0.250 e. The standard InChI is InChI=1S/C12H16FN3O/c13-8-3-4-11(10(6-8)12(14)17)16-9-2-1-5-15-7-9/h3-4,6,9,15-16H,1-2,5,7H2,(H2,14,17). The summed E-state index contributed by atoms with van der Waals surface area (Å²) in [7, 11) is 0. The summed E-state index contributed by atoms with van der Waals surface area (Å²) in [5, 5.41) is 6.49. The Morgan fingerprint density at radius 3 is 3.00 bits per heavy atom. The zero-order chi connectivity index (χ0) is 12.3. The summed E-state index contributed by atoms with van der Waals surface area (Å²) < 4.78 is 13.0. The minimum atomic E-state index is -0.615. The number of benzene rings is 1. The van der Waals surface area contributed by atoms with E-state index in [2.05, 4.69) is 10.6 Å². The Balaban J connectivity index is 2.16. The molecule has 92 valence electrons. The van der Waals surface area contributed by atoms with Gasteiger partial charge in [0, 0.05) is 18.3 Å². The summed E-state index contributed by atoms with van der Waals surface area (Å²) in [6, 6.07) is 4.31. The van der Waals surface area contributed by atoms with Crippen LogP contribution < -0.4 is 16.4 Å². The van der Waals surface area contributed by atoms with Gasteiger partial charge in [0.05, 0.1) is 5.56 Å². The zero-order valence-corrected chi connectivity index (χ0v) is 9.50. The molecule has 1 fully saturated rings. The number of carbonyl (C=O) groups is 1. The van der Waals surface area contributed by atoms with Gasteiger partial charge in [-0.3, -0.25) is 4.79 Å². The number of carbonyl (C=O) groups excluding carboxylic acids is 1. The third-order valence-electron chi connectivity index (χ3n) is 2.90. The molecule has 0 aliphatic carbocycles. The van der Waals surface area contributed by atoms with E-state index in [9.17, 15) is 9.18 Å². The van der Waals surface area contributed by atoms with Crippen LogP contribution in [0.4, 0.5) is 10.1 Å². The molecule has 1 atom stereocenters. The molecule has 1 aromatic carbocycles. The number of nitrogens with one attached hydrogen (secondary N) is 2. The number of amides is 1. The molecule has 0 bridgehead atoms. The van der Waals surface area contributed by atoms with Crippen LogP contribution in [0.3, 0.4) is 0 Å². The lowest BCUT2D eigenvalue weighted by molar-refractivity contribution is 0.100. The summed E-state index contributed by atoms with van der Waals surface area (Å²) in [5.74, 6) is -1.07. The summed E-state index contributed by atoms with van der Waals surface area (Å²) in [6.07, 6.45) is 2.12. The molecule has 5 heteroatoms. The van der Waals surface area contributed by atoms with Crippen molar-refractivity contribution < 1.29 is 9.18 Å². The normalized spacial score (nSPS) is 19.9. The van der Waals surface area contributed by atoms with Crippen LogP contribution in [0.15, 0.2) is 18.2 Å². The Kier molecular flexibility index (Phi) is 3.58. The van der Waals surface area contributed by atoms with E-state index in [0.717, 1.165) is 25.9 Å². The van der Waals surface area contributed by atoms with Crippen LogP contribution in [0.25, 0.3) is 0 Å². The van der Waals surface area contributed by atoms with Crippen molar-refractivity contribution in [1.29, 1.82) is 0 Å². The van der Waals surface area contributed by atoms with Crippen LogP contribution in [-0.2, 0) is 0 Å². The first kappa shape index (κ1) is 11.9. The van der Waals surface area contributed by atoms with Gasteiger partial charge in [-0.2, -0.15) is 0 Å². The van der Waals surface area contributed by atoms with E-state index in [1.165, 1.54) is 12.1 Å². The molecule has 4 N–H and O–H groups in total. The molecule has 0 radical (unpaired) electrons. The number of halogens is 1. The van der Waals surface area contributed by atoms with Gasteiger partial charge >= 0.3 is 0 Å². The summed E-state index contributed by atoms with van der Waals surface area (Å²) in [4.78, 5) is 11.2. The largest absolute Gasteiger partial charge is 0.380 e. The number of primary amides is 1. The van der Waals surface area contributed by atoms with Crippen molar-refractivity contribution in [3.05, 3.63) is 29.6 Å². The molecule has 1 aromatic rings. The maximum atomic E-state index is 13.0. The fourth-order valence-electron chi connectivity index (χ4n) is 2.04. The number of nitrogens with two attached hydrogens (primary N) is 1. The van der Waals surface area contributed by atoms with Crippen LogP contribution in [0, 0.1) is 5.82 Å². The fourth-order valence-corrected chi connectivity index (χ4v) is 2.04. The van der Waals surface area contributed by atoms with E-state index in [4.69, 9.17) is 5.73 Å². The smallest absolute Gasteiger partial charge is 0.250 e. The second-order valence-electron chi connectivity index (χ2n) is 4.24. The first-order chi connectivity index (χ1) is 8.16. The van der Waals surface area contributed by atoms with E-state index < -0.39 is 11.7 Å². The monoisotopic (exact) mass is 237 g/mol. The van der Waals surface area contributed by atoms with Gasteiger partial charge in [0.15, 0.2) is 0 Å². The van der Waals surface area contributed by atoms with Crippen molar-refractivity contribution in [2.75, 3.05) is 18.4 Å². The van der Waals surface area contributed by atoms with E-state index in [0.29, 0.717) is 5.69 Å². The lowest BCUT2D eigenvalue weighted by atomic mass is 10.1. The molecule has 0 saturated carbocycles. The topological polar surface area (TPSA) is 67.2 Å². The van der Waals surface area contributed by atoms with Gasteiger partial charge in [-0.1, -0.05) is 0 Å². The van der Waals surface area contributed by atoms with Gasteiger partial charge in [-0.25, -0.2) is 4.39 Å². The van der Waals surface area contributed by atoms with Crippen LogP contribution in [0.5, 0.6) is 0 Å². The van der Waals surface area contributed by atoms with E-state index >= 15 is 0 Å². The maximum absolute atomic E-state index is 13.0. The van der Waals surface area contributed by atoms with E-state index in [1.54, 1.807) is 6.07 Å². The minimum absolute atomic E-state index is 0.204. The number of piperidine rings is 1. The molecule has 4 nitrogen and oxygen atoms in total. The van der Waals surface area contributed by atoms with Crippen LogP contribution >= 0.6 is 0 Å². The third-order valence-corrected chi connectivity index (χ3v) is 2.90. The summed E-state index contributed by atoms with van der Waals surface area (Å²) >= 11 is 0.